The smallest absolute Gasteiger partial charge is 0.119 e. The van der Waals surface area contributed by atoms with Crippen LogP contribution in [0.25, 0.3) is 0 Å². The Balaban J connectivity index is 2.09. The predicted octanol–water partition coefficient (Wildman–Crippen LogP) is 3.88. The van der Waals surface area contributed by atoms with Gasteiger partial charge in [-0.3, -0.25) is 0 Å². The zero-order valence-electron chi connectivity index (χ0n) is 11.8. The first kappa shape index (κ1) is 14.0. The molecule has 0 unspecified atom stereocenters. The molecule has 0 aromatic heterocycles. The molecule has 0 spiro atoms. The van der Waals surface area contributed by atoms with E-state index in [2.05, 4.69) is 17.5 Å². The van der Waals surface area contributed by atoms with Crippen molar-refractivity contribution in [1.82, 2.24) is 0 Å². The fourth-order valence-electron chi connectivity index (χ4n) is 1.99. The van der Waals surface area contributed by atoms with Gasteiger partial charge in [0.15, 0.2) is 0 Å². The van der Waals surface area contributed by atoms with Crippen molar-refractivity contribution >= 4 is 5.69 Å². The van der Waals surface area contributed by atoms with Crippen LogP contribution in [0.3, 0.4) is 0 Å². The van der Waals surface area contributed by atoms with E-state index in [4.69, 9.17) is 10.00 Å². The second-order valence-electron chi connectivity index (χ2n) is 4.58. The molecule has 0 radical (unpaired) electrons. The number of hydrogen-bond donors (Lipinski definition) is 1. The SMILES string of the molecule is CCOc1cccc(CNc2cc(C#N)ccc2C)c1. The highest BCUT2D eigenvalue weighted by Crippen LogP contribution is 2.19. The lowest BCUT2D eigenvalue weighted by Crippen LogP contribution is -2.02. The molecule has 3 heteroatoms. The average molecular weight is 266 g/mol. The van der Waals surface area contributed by atoms with Crippen LogP contribution in [0.1, 0.15) is 23.6 Å². The van der Waals surface area contributed by atoms with Crippen LogP contribution in [-0.2, 0) is 6.54 Å². The first-order chi connectivity index (χ1) is 9.72. The Morgan fingerprint density at radius 1 is 1.20 bits per heavy atom. The molecule has 0 aliphatic rings. The van der Waals surface area contributed by atoms with Crippen LogP contribution >= 0.6 is 0 Å². The highest BCUT2D eigenvalue weighted by atomic mass is 16.5. The Labute approximate surface area is 119 Å². The number of rotatable bonds is 5. The van der Waals surface area contributed by atoms with Gasteiger partial charge in [0.05, 0.1) is 18.2 Å². The topological polar surface area (TPSA) is 45.0 Å². The second-order valence-corrected chi connectivity index (χ2v) is 4.58. The Hall–Kier alpha value is -2.47. The van der Waals surface area contributed by atoms with Crippen molar-refractivity contribution in [1.29, 1.82) is 5.26 Å². The van der Waals surface area contributed by atoms with E-state index in [0.29, 0.717) is 18.7 Å². The van der Waals surface area contributed by atoms with Crippen LogP contribution in [0.5, 0.6) is 5.75 Å². The molecule has 0 saturated heterocycles. The molecule has 2 rings (SSSR count). The van der Waals surface area contributed by atoms with E-state index in [0.717, 1.165) is 22.6 Å². The van der Waals surface area contributed by atoms with Gasteiger partial charge in [0, 0.05) is 12.2 Å². The summed E-state index contributed by atoms with van der Waals surface area (Å²) in [4.78, 5) is 0. The summed E-state index contributed by atoms with van der Waals surface area (Å²) in [5.41, 5.74) is 3.94. The second kappa shape index (κ2) is 6.63. The van der Waals surface area contributed by atoms with Crippen LogP contribution in [0.2, 0.25) is 0 Å². The molecule has 0 aliphatic carbocycles. The fraction of sp³-hybridized carbons (Fsp3) is 0.235. The van der Waals surface area contributed by atoms with E-state index in [9.17, 15) is 0 Å². The lowest BCUT2D eigenvalue weighted by Gasteiger charge is -2.11. The quantitative estimate of drug-likeness (QED) is 0.893. The highest BCUT2D eigenvalue weighted by molar-refractivity contribution is 5.55. The Morgan fingerprint density at radius 3 is 2.80 bits per heavy atom. The van der Waals surface area contributed by atoms with Gasteiger partial charge in [-0.05, 0) is 49.2 Å². The number of anilines is 1. The Kier molecular flexibility index (Phi) is 4.62. The summed E-state index contributed by atoms with van der Waals surface area (Å²) < 4.78 is 5.49. The molecular formula is C17H18N2O. The summed E-state index contributed by atoms with van der Waals surface area (Å²) in [6, 6.07) is 15.8. The molecule has 102 valence electrons. The molecule has 2 aromatic carbocycles. The van der Waals surface area contributed by atoms with Gasteiger partial charge in [0.2, 0.25) is 0 Å². The van der Waals surface area contributed by atoms with Crippen molar-refractivity contribution in [2.24, 2.45) is 0 Å². The number of aryl methyl sites for hydroxylation is 1. The lowest BCUT2D eigenvalue weighted by molar-refractivity contribution is 0.340. The average Bonchev–Trinajstić information content (AvgIpc) is 2.47. The maximum atomic E-state index is 8.94. The van der Waals surface area contributed by atoms with E-state index in [1.54, 1.807) is 0 Å². The van der Waals surface area contributed by atoms with Crippen molar-refractivity contribution in [2.45, 2.75) is 20.4 Å². The van der Waals surface area contributed by atoms with E-state index < -0.39 is 0 Å². The summed E-state index contributed by atoms with van der Waals surface area (Å²) in [5.74, 6) is 0.884. The van der Waals surface area contributed by atoms with Gasteiger partial charge in [-0.2, -0.15) is 5.26 Å². The zero-order valence-corrected chi connectivity index (χ0v) is 11.8. The molecule has 0 saturated carbocycles. The number of nitrogens with one attached hydrogen (secondary N) is 1. The van der Waals surface area contributed by atoms with Crippen LogP contribution in [-0.4, -0.2) is 6.61 Å². The third-order valence-electron chi connectivity index (χ3n) is 3.06. The first-order valence-electron chi connectivity index (χ1n) is 6.69. The van der Waals surface area contributed by atoms with Gasteiger partial charge in [0.1, 0.15) is 5.75 Å². The molecule has 0 atom stereocenters. The van der Waals surface area contributed by atoms with Crippen molar-refractivity contribution in [3.05, 3.63) is 59.2 Å². The molecule has 0 heterocycles. The van der Waals surface area contributed by atoms with Crippen LogP contribution in [0.15, 0.2) is 42.5 Å². The molecule has 0 bridgehead atoms. The Bertz CT molecular complexity index is 629. The molecule has 1 N–H and O–H groups in total. The zero-order chi connectivity index (χ0) is 14.4. The molecule has 0 aliphatic heterocycles. The van der Waals surface area contributed by atoms with Crippen LogP contribution in [0.4, 0.5) is 5.69 Å². The minimum atomic E-state index is 0.667. The van der Waals surface area contributed by atoms with Crippen LogP contribution in [0, 0.1) is 18.3 Å². The maximum absolute atomic E-state index is 8.94. The number of benzene rings is 2. The van der Waals surface area contributed by atoms with E-state index in [1.165, 1.54) is 0 Å². The number of nitrogens with zero attached hydrogens (tertiary/aromatic N) is 1. The minimum absolute atomic E-state index is 0.667. The third-order valence-corrected chi connectivity index (χ3v) is 3.06. The van der Waals surface area contributed by atoms with Gasteiger partial charge in [-0.1, -0.05) is 18.2 Å². The van der Waals surface area contributed by atoms with Crippen LogP contribution < -0.4 is 10.1 Å². The van der Waals surface area contributed by atoms with Crippen molar-refractivity contribution in [3.8, 4) is 11.8 Å². The summed E-state index contributed by atoms with van der Waals surface area (Å²) in [5, 5.41) is 12.3. The largest absolute Gasteiger partial charge is 0.494 e. The van der Waals surface area contributed by atoms with E-state index in [-0.39, 0.29) is 0 Å². The van der Waals surface area contributed by atoms with Gasteiger partial charge < -0.3 is 10.1 Å². The van der Waals surface area contributed by atoms with Crippen molar-refractivity contribution < 1.29 is 4.74 Å². The minimum Gasteiger partial charge on any atom is -0.494 e. The first-order valence-corrected chi connectivity index (χ1v) is 6.69. The van der Waals surface area contributed by atoms with E-state index >= 15 is 0 Å². The highest BCUT2D eigenvalue weighted by Gasteiger charge is 2.01. The molecule has 0 fully saturated rings. The summed E-state index contributed by atoms with van der Waals surface area (Å²) in [6.07, 6.45) is 0. The van der Waals surface area contributed by atoms with Gasteiger partial charge in [-0.25, -0.2) is 0 Å². The normalized spacial score (nSPS) is 9.85. The predicted molar refractivity (Wildman–Crippen MR) is 80.8 cm³/mol. The third kappa shape index (κ3) is 3.52. The molecule has 0 amide bonds. The standard InChI is InChI=1S/C17H18N2O/c1-3-20-16-6-4-5-15(9-16)12-19-17-10-14(11-18)8-7-13(17)2/h4-10,19H,3,12H2,1-2H3. The maximum Gasteiger partial charge on any atom is 0.119 e. The summed E-state index contributed by atoms with van der Waals surface area (Å²) in [6.45, 7) is 5.37. The molecule has 20 heavy (non-hydrogen) atoms. The Morgan fingerprint density at radius 2 is 2.05 bits per heavy atom. The lowest BCUT2D eigenvalue weighted by atomic mass is 10.1. The van der Waals surface area contributed by atoms with E-state index in [1.807, 2.05) is 50.2 Å². The number of nitriles is 1. The van der Waals surface area contributed by atoms with Gasteiger partial charge in [-0.15, -0.1) is 0 Å². The number of ether oxygens (including phenoxy) is 1. The molecular weight excluding hydrogens is 248 g/mol. The summed E-state index contributed by atoms with van der Waals surface area (Å²) in [7, 11) is 0. The monoisotopic (exact) mass is 266 g/mol. The fourth-order valence-corrected chi connectivity index (χ4v) is 1.99. The van der Waals surface area contributed by atoms with Crippen molar-refractivity contribution in [3.63, 3.8) is 0 Å². The molecule has 2 aromatic rings. The number of hydrogen-bond acceptors (Lipinski definition) is 3. The van der Waals surface area contributed by atoms with Gasteiger partial charge >= 0.3 is 0 Å². The summed E-state index contributed by atoms with van der Waals surface area (Å²) >= 11 is 0. The molecule has 3 nitrogen and oxygen atoms in total. The van der Waals surface area contributed by atoms with Gasteiger partial charge in [0.25, 0.3) is 0 Å². The van der Waals surface area contributed by atoms with Crippen molar-refractivity contribution in [2.75, 3.05) is 11.9 Å².